The molecule has 2 N–H and O–H groups in total. The zero-order valence-corrected chi connectivity index (χ0v) is 16.2. The predicted octanol–water partition coefficient (Wildman–Crippen LogP) is 4.01. The van der Waals surface area contributed by atoms with Crippen LogP contribution in [0.15, 0.2) is 46.9 Å². The average Bonchev–Trinajstić information content (AvgIpc) is 2.61. The van der Waals surface area contributed by atoms with E-state index in [4.69, 9.17) is 0 Å². The average molecular weight is 403 g/mol. The highest BCUT2D eigenvalue weighted by molar-refractivity contribution is 9.10. The molecule has 0 saturated heterocycles. The lowest BCUT2D eigenvalue weighted by molar-refractivity contribution is -0.124. The molecule has 132 valence electrons. The molecule has 2 aromatic carbocycles. The third kappa shape index (κ3) is 6.35. The van der Waals surface area contributed by atoms with Crippen LogP contribution in [0.1, 0.15) is 30.0 Å². The Morgan fingerprint density at radius 2 is 1.68 bits per heavy atom. The molecular weight excluding hydrogens is 380 g/mol. The number of aryl methyl sites for hydroxylation is 3. The Bertz CT molecular complexity index is 742. The summed E-state index contributed by atoms with van der Waals surface area (Å²) in [6.07, 6.45) is 2.05. The van der Waals surface area contributed by atoms with Crippen LogP contribution in [0.4, 0.5) is 5.69 Å². The first-order valence-electron chi connectivity index (χ1n) is 8.38. The number of rotatable bonds is 7. The van der Waals surface area contributed by atoms with Crippen molar-refractivity contribution in [1.29, 1.82) is 0 Å². The summed E-state index contributed by atoms with van der Waals surface area (Å²) in [6.45, 7) is 4.04. The summed E-state index contributed by atoms with van der Waals surface area (Å²) in [5.74, 6) is -0.357. The SMILES string of the molecule is CCc1ccc(CCC(=O)NCC(=O)Nc2ccc(Br)c(C)c2)cc1. The molecule has 4 nitrogen and oxygen atoms in total. The van der Waals surface area contributed by atoms with Gasteiger partial charge in [0.05, 0.1) is 6.54 Å². The minimum atomic E-state index is -0.234. The Labute approximate surface area is 157 Å². The largest absolute Gasteiger partial charge is 0.347 e. The van der Waals surface area contributed by atoms with Crippen molar-refractivity contribution in [2.75, 3.05) is 11.9 Å². The molecule has 5 heteroatoms. The molecule has 0 spiro atoms. The summed E-state index contributed by atoms with van der Waals surface area (Å²) in [5, 5.41) is 5.44. The maximum absolute atomic E-state index is 11.9. The van der Waals surface area contributed by atoms with E-state index in [-0.39, 0.29) is 18.4 Å². The van der Waals surface area contributed by atoms with Gasteiger partial charge in [-0.25, -0.2) is 0 Å². The van der Waals surface area contributed by atoms with Gasteiger partial charge in [0.1, 0.15) is 0 Å². The maximum atomic E-state index is 11.9. The Balaban J connectivity index is 1.73. The number of halogens is 1. The molecule has 25 heavy (non-hydrogen) atoms. The topological polar surface area (TPSA) is 58.2 Å². The highest BCUT2D eigenvalue weighted by Gasteiger charge is 2.07. The Morgan fingerprint density at radius 3 is 2.32 bits per heavy atom. The van der Waals surface area contributed by atoms with Gasteiger partial charge >= 0.3 is 0 Å². The summed E-state index contributed by atoms with van der Waals surface area (Å²) in [7, 11) is 0. The lowest BCUT2D eigenvalue weighted by Gasteiger charge is -2.08. The molecule has 0 saturated carbocycles. The van der Waals surface area contributed by atoms with Gasteiger partial charge in [-0.2, -0.15) is 0 Å². The Kier molecular flexibility index (Phi) is 7.19. The van der Waals surface area contributed by atoms with E-state index < -0.39 is 0 Å². The van der Waals surface area contributed by atoms with E-state index in [1.54, 1.807) is 0 Å². The summed E-state index contributed by atoms with van der Waals surface area (Å²) in [4.78, 5) is 23.8. The number of hydrogen-bond donors (Lipinski definition) is 2. The standard InChI is InChI=1S/C20H23BrN2O2/c1-3-15-4-6-16(7-5-15)8-11-19(24)22-13-20(25)23-17-9-10-18(21)14(2)12-17/h4-7,9-10,12H,3,8,11,13H2,1-2H3,(H,22,24)(H,23,25). The van der Waals surface area contributed by atoms with Crippen molar-refractivity contribution in [2.45, 2.75) is 33.1 Å². The first kappa shape index (κ1) is 19.2. The normalized spacial score (nSPS) is 10.4. The predicted molar refractivity (Wildman–Crippen MR) is 105 cm³/mol. The second-order valence-electron chi connectivity index (χ2n) is 5.96. The van der Waals surface area contributed by atoms with Crippen LogP contribution in [0.2, 0.25) is 0 Å². The molecule has 0 fully saturated rings. The summed E-state index contributed by atoms with van der Waals surface area (Å²) in [5.41, 5.74) is 4.17. The zero-order valence-electron chi connectivity index (χ0n) is 14.6. The van der Waals surface area contributed by atoms with Crippen molar-refractivity contribution in [3.8, 4) is 0 Å². The fourth-order valence-corrected chi connectivity index (χ4v) is 2.64. The minimum absolute atomic E-state index is 0.0251. The van der Waals surface area contributed by atoms with Gasteiger partial charge in [0.2, 0.25) is 11.8 Å². The number of amides is 2. The van der Waals surface area contributed by atoms with Gasteiger partial charge in [0, 0.05) is 16.6 Å². The quantitative estimate of drug-likeness (QED) is 0.734. The Morgan fingerprint density at radius 1 is 1.00 bits per heavy atom. The van der Waals surface area contributed by atoms with Gasteiger partial charge in [-0.05, 0) is 54.7 Å². The van der Waals surface area contributed by atoms with E-state index in [2.05, 4.69) is 57.8 Å². The maximum Gasteiger partial charge on any atom is 0.243 e. The molecule has 0 atom stereocenters. The first-order valence-corrected chi connectivity index (χ1v) is 9.17. The molecular formula is C20H23BrN2O2. The third-order valence-electron chi connectivity index (χ3n) is 3.96. The van der Waals surface area contributed by atoms with Crippen LogP contribution in [0, 0.1) is 6.92 Å². The molecule has 2 rings (SSSR count). The summed E-state index contributed by atoms with van der Waals surface area (Å²) < 4.78 is 0.991. The molecule has 0 aromatic heterocycles. The Hall–Kier alpha value is -2.14. The van der Waals surface area contributed by atoms with Crippen LogP contribution in [0.5, 0.6) is 0 Å². The molecule has 2 aromatic rings. The fourth-order valence-electron chi connectivity index (χ4n) is 2.39. The third-order valence-corrected chi connectivity index (χ3v) is 4.85. The lowest BCUT2D eigenvalue weighted by atomic mass is 10.1. The molecule has 0 bridgehead atoms. The summed E-state index contributed by atoms with van der Waals surface area (Å²) in [6, 6.07) is 13.8. The molecule has 0 heterocycles. The molecule has 0 aliphatic rings. The number of carbonyl (C=O) groups is 2. The van der Waals surface area contributed by atoms with E-state index in [1.165, 1.54) is 5.56 Å². The van der Waals surface area contributed by atoms with E-state index in [0.717, 1.165) is 27.7 Å². The number of anilines is 1. The second-order valence-corrected chi connectivity index (χ2v) is 6.81. The number of nitrogens with one attached hydrogen (secondary N) is 2. The van der Waals surface area contributed by atoms with Crippen LogP contribution >= 0.6 is 15.9 Å². The van der Waals surface area contributed by atoms with Crippen LogP contribution in [0.3, 0.4) is 0 Å². The van der Waals surface area contributed by atoms with E-state index in [9.17, 15) is 9.59 Å². The number of hydrogen-bond acceptors (Lipinski definition) is 2. The van der Waals surface area contributed by atoms with Crippen molar-refractivity contribution in [3.63, 3.8) is 0 Å². The first-order chi connectivity index (χ1) is 12.0. The van der Waals surface area contributed by atoms with Gasteiger partial charge in [0.15, 0.2) is 0 Å². The van der Waals surface area contributed by atoms with Crippen LogP contribution < -0.4 is 10.6 Å². The summed E-state index contributed by atoms with van der Waals surface area (Å²) >= 11 is 3.42. The van der Waals surface area contributed by atoms with Crippen LogP contribution in [0.25, 0.3) is 0 Å². The number of carbonyl (C=O) groups excluding carboxylic acids is 2. The highest BCUT2D eigenvalue weighted by atomic mass is 79.9. The minimum Gasteiger partial charge on any atom is -0.347 e. The highest BCUT2D eigenvalue weighted by Crippen LogP contribution is 2.19. The number of benzene rings is 2. The molecule has 0 unspecified atom stereocenters. The van der Waals surface area contributed by atoms with Gasteiger partial charge in [-0.1, -0.05) is 47.1 Å². The van der Waals surface area contributed by atoms with Crippen LogP contribution in [-0.2, 0) is 22.4 Å². The molecule has 2 amide bonds. The van der Waals surface area contributed by atoms with Gasteiger partial charge in [-0.3, -0.25) is 9.59 Å². The molecule has 0 aliphatic carbocycles. The van der Waals surface area contributed by atoms with Crippen LogP contribution in [-0.4, -0.2) is 18.4 Å². The fraction of sp³-hybridized carbons (Fsp3) is 0.300. The van der Waals surface area contributed by atoms with Gasteiger partial charge in [0.25, 0.3) is 0 Å². The second kappa shape index (κ2) is 9.37. The van der Waals surface area contributed by atoms with Crippen molar-refractivity contribution < 1.29 is 9.59 Å². The van der Waals surface area contributed by atoms with Crippen molar-refractivity contribution in [2.24, 2.45) is 0 Å². The van der Waals surface area contributed by atoms with Gasteiger partial charge < -0.3 is 10.6 Å². The van der Waals surface area contributed by atoms with Gasteiger partial charge in [-0.15, -0.1) is 0 Å². The van der Waals surface area contributed by atoms with Crippen molar-refractivity contribution in [1.82, 2.24) is 5.32 Å². The van der Waals surface area contributed by atoms with Crippen molar-refractivity contribution in [3.05, 3.63) is 63.6 Å². The smallest absolute Gasteiger partial charge is 0.243 e. The molecule has 0 aliphatic heterocycles. The lowest BCUT2D eigenvalue weighted by Crippen LogP contribution is -2.32. The van der Waals surface area contributed by atoms with E-state index in [1.807, 2.05) is 25.1 Å². The van der Waals surface area contributed by atoms with Crippen molar-refractivity contribution >= 4 is 33.4 Å². The molecule has 0 radical (unpaired) electrons. The van der Waals surface area contributed by atoms with E-state index in [0.29, 0.717) is 12.8 Å². The zero-order chi connectivity index (χ0) is 18.2. The van der Waals surface area contributed by atoms with E-state index >= 15 is 0 Å². The monoisotopic (exact) mass is 402 g/mol.